The molecule has 7 aromatic rings. The van der Waals surface area contributed by atoms with E-state index in [1.54, 1.807) is 12.5 Å². The van der Waals surface area contributed by atoms with Gasteiger partial charge < -0.3 is 9.30 Å². The smallest absolute Gasteiger partial charge is 0.146 e. The van der Waals surface area contributed by atoms with Crippen LogP contribution in [-0.4, -0.2) is 30.7 Å². The molecule has 0 unspecified atom stereocenters. The van der Waals surface area contributed by atoms with Crippen LogP contribution < -0.4 is 4.74 Å². The molecule has 42 heavy (non-hydrogen) atoms. The van der Waals surface area contributed by atoms with Gasteiger partial charge in [-0.25, -0.2) is 9.97 Å². The molecule has 0 amide bonds. The quantitative estimate of drug-likeness (QED) is 0.172. The Morgan fingerprint density at radius 1 is 0.786 bits per heavy atom. The van der Waals surface area contributed by atoms with Gasteiger partial charge >= 0.3 is 0 Å². The molecule has 6 heteroatoms. The summed E-state index contributed by atoms with van der Waals surface area (Å²) in [5, 5.41) is 3.59. The Balaban J connectivity index is 1.26. The monoisotopic (exact) mass is 549 g/mol. The van der Waals surface area contributed by atoms with Crippen molar-refractivity contribution >= 4 is 21.7 Å². The highest BCUT2D eigenvalue weighted by Crippen LogP contribution is 2.37. The van der Waals surface area contributed by atoms with E-state index in [9.17, 15) is 0 Å². The molecular formula is C36H31N5O. The lowest BCUT2D eigenvalue weighted by atomic mass is 9.97. The zero-order valence-corrected chi connectivity index (χ0v) is 23.5. The minimum atomic E-state index is 0.646. The van der Waals surface area contributed by atoms with E-state index < -0.39 is 0 Å². The first-order valence-corrected chi connectivity index (χ1v) is 14.3. The number of benzene rings is 3. The SMILES string of the molecule is Cc1ccnc(-n2ccnc2)c1-c1cccc2c(CCCOc3cccc4ccccc34)cn(Cc3ccccn3)c12. The first kappa shape index (κ1) is 25.7. The largest absolute Gasteiger partial charge is 0.493 e. The van der Waals surface area contributed by atoms with Crippen LogP contribution in [0.4, 0.5) is 0 Å². The number of aromatic nitrogens is 5. The summed E-state index contributed by atoms with van der Waals surface area (Å²) in [5.41, 5.74) is 6.92. The van der Waals surface area contributed by atoms with Crippen molar-refractivity contribution in [3.05, 3.63) is 139 Å². The summed E-state index contributed by atoms with van der Waals surface area (Å²) >= 11 is 0. The molecule has 7 rings (SSSR count). The van der Waals surface area contributed by atoms with Crippen molar-refractivity contribution in [2.45, 2.75) is 26.3 Å². The van der Waals surface area contributed by atoms with Crippen LogP contribution in [0.25, 0.3) is 38.6 Å². The van der Waals surface area contributed by atoms with Crippen molar-refractivity contribution in [1.29, 1.82) is 0 Å². The second-order valence-corrected chi connectivity index (χ2v) is 10.5. The molecule has 0 fully saturated rings. The number of rotatable bonds is 9. The third kappa shape index (κ3) is 4.92. The molecule has 0 aliphatic rings. The minimum absolute atomic E-state index is 0.646. The Morgan fingerprint density at radius 3 is 2.52 bits per heavy atom. The second kappa shape index (κ2) is 11.3. The van der Waals surface area contributed by atoms with Crippen LogP contribution in [0, 0.1) is 6.92 Å². The predicted molar refractivity (Wildman–Crippen MR) is 168 cm³/mol. The Hall–Kier alpha value is -5.23. The number of fused-ring (bicyclic) bond motifs is 2. The van der Waals surface area contributed by atoms with Gasteiger partial charge in [-0.15, -0.1) is 0 Å². The summed E-state index contributed by atoms with van der Waals surface area (Å²) in [4.78, 5) is 13.7. The van der Waals surface area contributed by atoms with Crippen molar-refractivity contribution in [1.82, 2.24) is 24.1 Å². The lowest BCUT2D eigenvalue weighted by Crippen LogP contribution is -2.03. The molecule has 0 atom stereocenters. The number of ether oxygens (including phenoxy) is 1. The van der Waals surface area contributed by atoms with Gasteiger partial charge in [-0.3, -0.25) is 9.55 Å². The van der Waals surface area contributed by atoms with Gasteiger partial charge in [0.15, 0.2) is 0 Å². The molecule has 0 saturated heterocycles. The zero-order chi connectivity index (χ0) is 28.3. The number of nitrogens with zero attached hydrogens (tertiary/aromatic N) is 5. The fourth-order valence-electron chi connectivity index (χ4n) is 5.85. The highest BCUT2D eigenvalue weighted by atomic mass is 16.5. The summed E-state index contributed by atoms with van der Waals surface area (Å²) in [6.45, 7) is 3.47. The summed E-state index contributed by atoms with van der Waals surface area (Å²) in [6.07, 6.45) is 13.4. The molecule has 4 heterocycles. The molecule has 3 aromatic carbocycles. The van der Waals surface area contributed by atoms with Crippen molar-refractivity contribution in [2.75, 3.05) is 6.61 Å². The molecule has 0 radical (unpaired) electrons. The van der Waals surface area contributed by atoms with Crippen LogP contribution >= 0.6 is 0 Å². The van der Waals surface area contributed by atoms with Crippen molar-refractivity contribution in [3.8, 4) is 22.7 Å². The third-order valence-corrected chi connectivity index (χ3v) is 7.79. The minimum Gasteiger partial charge on any atom is -0.493 e. The van der Waals surface area contributed by atoms with Crippen LogP contribution in [0.3, 0.4) is 0 Å². The maximum absolute atomic E-state index is 6.29. The Morgan fingerprint density at radius 2 is 1.64 bits per heavy atom. The van der Waals surface area contributed by atoms with E-state index in [1.807, 2.05) is 35.3 Å². The Kier molecular flexibility index (Phi) is 6.94. The van der Waals surface area contributed by atoms with Crippen LogP contribution in [0.5, 0.6) is 5.75 Å². The third-order valence-electron chi connectivity index (χ3n) is 7.79. The average molecular weight is 550 g/mol. The molecular weight excluding hydrogens is 518 g/mol. The Labute approximate surface area is 244 Å². The molecule has 0 saturated carbocycles. The zero-order valence-electron chi connectivity index (χ0n) is 23.5. The predicted octanol–water partition coefficient (Wildman–Crippen LogP) is 7.81. The number of pyridine rings is 2. The van der Waals surface area contributed by atoms with Gasteiger partial charge in [0.2, 0.25) is 0 Å². The second-order valence-electron chi connectivity index (χ2n) is 10.5. The summed E-state index contributed by atoms with van der Waals surface area (Å²) in [6, 6.07) is 29.4. The van der Waals surface area contributed by atoms with Gasteiger partial charge in [-0.1, -0.05) is 60.7 Å². The Bertz CT molecular complexity index is 1970. The van der Waals surface area contributed by atoms with E-state index in [4.69, 9.17) is 9.72 Å². The molecule has 0 aliphatic carbocycles. The number of imidazole rings is 1. The maximum atomic E-state index is 6.29. The summed E-state index contributed by atoms with van der Waals surface area (Å²) in [7, 11) is 0. The van der Waals surface area contributed by atoms with E-state index in [1.165, 1.54) is 21.9 Å². The fourth-order valence-corrected chi connectivity index (χ4v) is 5.85. The van der Waals surface area contributed by atoms with Gasteiger partial charge in [0.1, 0.15) is 17.9 Å². The topological polar surface area (TPSA) is 57.8 Å². The molecule has 6 nitrogen and oxygen atoms in total. The van der Waals surface area contributed by atoms with Crippen molar-refractivity contribution in [3.63, 3.8) is 0 Å². The molecule has 4 aromatic heterocycles. The summed E-state index contributed by atoms with van der Waals surface area (Å²) < 4.78 is 10.6. The van der Waals surface area contributed by atoms with Crippen LogP contribution in [0.2, 0.25) is 0 Å². The van der Waals surface area contributed by atoms with Crippen LogP contribution in [-0.2, 0) is 13.0 Å². The van der Waals surface area contributed by atoms with Crippen molar-refractivity contribution < 1.29 is 4.74 Å². The number of para-hydroxylation sites is 1. The number of aryl methyl sites for hydroxylation is 2. The molecule has 0 aliphatic heterocycles. The maximum Gasteiger partial charge on any atom is 0.146 e. The molecule has 0 bridgehead atoms. The average Bonchev–Trinajstić information content (AvgIpc) is 3.69. The van der Waals surface area contributed by atoms with Gasteiger partial charge in [-0.2, -0.15) is 0 Å². The van der Waals surface area contributed by atoms with Gasteiger partial charge in [0.05, 0.1) is 24.4 Å². The van der Waals surface area contributed by atoms with E-state index in [0.717, 1.165) is 52.2 Å². The molecule has 0 N–H and O–H groups in total. The lowest BCUT2D eigenvalue weighted by Gasteiger charge is -2.15. The van der Waals surface area contributed by atoms with E-state index in [0.29, 0.717) is 13.2 Å². The number of hydrogen-bond acceptors (Lipinski definition) is 4. The normalized spacial score (nSPS) is 11.4. The van der Waals surface area contributed by atoms with Crippen molar-refractivity contribution in [2.24, 2.45) is 0 Å². The molecule has 206 valence electrons. The standard InChI is InChI=1S/C36H31N5O/c1-26-17-19-39-36(40-21-20-37-25-40)34(26)32-15-7-14-31-28(23-41(35(31)32)24-29-12-4-5-18-38-29)11-8-22-42-33-16-6-10-27-9-2-3-13-30(27)33/h2-7,9-10,12-21,23,25H,8,11,22,24H2,1H3. The highest BCUT2D eigenvalue weighted by Gasteiger charge is 2.19. The van der Waals surface area contributed by atoms with Gasteiger partial charge in [0.25, 0.3) is 0 Å². The van der Waals surface area contributed by atoms with E-state index in [-0.39, 0.29) is 0 Å². The first-order valence-electron chi connectivity index (χ1n) is 14.3. The van der Waals surface area contributed by atoms with Gasteiger partial charge in [0, 0.05) is 52.9 Å². The highest BCUT2D eigenvalue weighted by molar-refractivity contribution is 5.99. The van der Waals surface area contributed by atoms with E-state index >= 15 is 0 Å². The molecule has 0 spiro atoms. The summed E-state index contributed by atoms with van der Waals surface area (Å²) in [5.74, 6) is 1.81. The lowest BCUT2D eigenvalue weighted by molar-refractivity contribution is 0.315. The van der Waals surface area contributed by atoms with E-state index in [2.05, 4.69) is 100 Å². The van der Waals surface area contributed by atoms with Gasteiger partial charge in [-0.05, 0) is 60.5 Å². The first-order chi connectivity index (χ1) is 20.8. The van der Waals surface area contributed by atoms with Crippen LogP contribution in [0.15, 0.2) is 122 Å². The number of hydrogen-bond donors (Lipinski definition) is 0. The fraction of sp³-hybridized carbons (Fsp3) is 0.139. The van der Waals surface area contributed by atoms with Crippen LogP contribution in [0.1, 0.15) is 23.2 Å².